The summed E-state index contributed by atoms with van der Waals surface area (Å²) >= 11 is 0. The molecule has 0 spiro atoms. The van der Waals surface area contributed by atoms with Crippen molar-refractivity contribution in [2.24, 2.45) is 11.7 Å². The summed E-state index contributed by atoms with van der Waals surface area (Å²) < 4.78 is 10.3. The molecule has 3 N–H and O–H groups in total. The van der Waals surface area contributed by atoms with Crippen molar-refractivity contribution in [1.82, 2.24) is 10.2 Å². The van der Waals surface area contributed by atoms with Gasteiger partial charge in [0.2, 0.25) is 5.91 Å². The molecule has 0 aromatic heterocycles. The fourth-order valence-electron chi connectivity index (χ4n) is 2.90. The summed E-state index contributed by atoms with van der Waals surface area (Å²) in [5.74, 6) is -2.01. The predicted molar refractivity (Wildman–Crippen MR) is 99.4 cm³/mol. The molecule has 1 fully saturated rings. The van der Waals surface area contributed by atoms with Crippen molar-refractivity contribution in [3.05, 3.63) is 29.8 Å². The van der Waals surface area contributed by atoms with Crippen LogP contribution < -0.4 is 15.8 Å². The minimum atomic E-state index is -0.737. The van der Waals surface area contributed by atoms with Crippen molar-refractivity contribution in [1.29, 1.82) is 0 Å². The Morgan fingerprint density at radius 1 is 1.25 bits per heavy atom. The highest BCUT2D eigenvalue weighted by atomic mass is 16.5. The Labute approximate surface area is 163 Å². The quantitative estimate of drug-likeness (QED) is 0.604. The average molecular weight is 391 g/mol. The van der Waals surface area contributed by atoms with Gasteiger partial charge >= 0.3 is 5.97 Å². The van der Waals surface area contributed by atoms with Crippen LogP contribution in [0.4, 0.5) is 0 Å². The van der Waals surface area contributed by atoms with Gasteiger partial charge in [-0.15, -0.1) is 0 Å². The zero-order chi connectivity index (χ0) is 20.5. The number of benzene rings is 1. The van der Waals surface area contributed by atoms with E-state index in [0.717, 1.165) is 0 Å². The molecule has 9 heteroatoms. The van der Waals surface area contributed by atoms with Crippen LogP contribution in [0, 0.1) is 5.92 Å². The van der Waals surface area contributed by atoms with E-state index in [1.807, 2.05) is 0 Å². The molecule has 0 radical (unpaired) electrons. The lowest BCUT2D eigenvalue weighted by atomic mass is 9.97. The molecular weight excluding hydrogens is 366 g/mol. The van der Waals surface area contributed by atoms with E-state index in [-0.39, 0.29) is 19.0 Å². The van der Waals surface area contributed by atoms with E-state index in [1.165, 1.54) is 4.90 Å². The molecule has 0 aliphatic carbocycles. The van der Waals surface area contributed by atoms with Crippen LogP contribution in [0.3, 0.4) is 0 Å². The standard InChI is InChI=1S/C19H25N3O6/c1-2-27-15-8-4-3-7-14(15)19(26)21-10-17(24)28-12-16(23)22-9-5-6-13(11-22)18(20)25/h3-4,7-8,13H,2,5-6,9-12H2,1H3,(H2,20,25)(H,21,26)/t13-/m0/s1. The number of likely N-dealkylation sites (tertiary alicyclic amines) is 1. The van der Waals surface area contributed by atoms with Crippen molar-refractivity contribution in [2.45, 2.75) is 19.8 Å². The molecule has 3 amide bonds. The SMILES string of the molecule is CCOc1ccccc1C(=O)NCC(=O)OCC(=O)N1CCC[C@H](C(N)=O)C1. The fraction of sp³-hybridized carbons (Fsp3) is 0.474. The second-order valence-electron chi connectivity index (χ2n) is 6.35. The number of nitrogens with zero attached hydrogens (tertiary/aromatic N) is 1. The van der Waals surface area contributed by atoms with Gasteiger partial charge in [-0.05, 0) is 31.9 Å². The van der Waals surface area contributed by atoms with Crippen LogP contribution >= 0.6 is 0 Å². The number of hydrogen-bond acceptors (Lipinski definition) is 6. The third kappa shape index (κ3) is 5.97. The Kier molecular flexibility index (Phi) is 7.79. The lowest BCUT2D eigenvalue weighted by Gasteiger charge is -2.31. The number of ether oxygens (including phenoxy) is 2. The van der Waals surface area contributed by atoms with Gasteiger partial charge in [-0.2, -0.15) is 0 Å². The highest BCUT2D eigenvalue weighted by molar-refractivity contribution is 5.98. The third-order valence-corrected chi connectivity index (χ3v) is 4.36. The summed E-state index contributed by atoms with van der Waals surface area (Å²) in [4.78, 5) is 48.9. The number of amides is 3. The van der Waals surface area contributed by atoms with Gasteiger partial charge in [-0.1, -0.05) is 12.1 Å². The Balaban J connectivity index is 1.77. The van der Waals surface area contributed by atoms with Gasteiger partial charge in [0.05, 0.1) is 18.1 Å². The molecule has 1 aromatic carbocycles. The smallest absolute Gasteiger partial charge is 0.325 e. The summed E-state index contributed by atoms with van der Waals surface area (Å²) in [6, 6.07) is 6.67. The molecule has 1 aliphatic rings. The first kappa shape index (κ1) is 21.2. The van der Waals surface area contributed by atoms with E-state index >= 15 is 0 Å². The van der Waals surface area contributed by atoms with E-state index in [1.54, 1.807) is 31.2 Å². The lowest BCUT2D eigenvalue weighted by Crippen LogP contribution is -2.45. The predicted octanol–water partition coefficient (Wildman–Crippen LogP) is 0.0822. The normalized spacial score (nSPS) is 16.2. The number of rotatable bonds is 8. The zero-order valence-corrected chi connectivity index (χ0v) is 15.8. The Bertz CT molecular complexity index is 736. The van der Waals surface area contributed by atoms with Gasteiger partial charge < -0.3 is 25.4 Å². The van der Waals surface area contributed by atoms with Crippen molar-refractivity contribution in [2.75, 3.05) is 32.8 Å². The molecule has 9 nitrogen and oxygen atoms in total. The van der Waals surface area contributed by atoms with E-state index in [0.29, 0.717) is 37.3 Å². The Morgan fingerprint density at radius 2 is 2.00 bits per heavy atom. The summed E-state index contributed by atoms with van der Waals surface area (Å²) in [5.41, 5.74) is 5.59. The topological polar surface area (TPSA) is 128 Å². The number of piperidine rings is 1. The molecule has 28 heavy (non-hydrogen) atoms. The van der Waals surface area contributed by atoms with Crippen molar-refractivity contribution < 1.29 is 28.7 Å². The van der Waals surface area contributed by atoms with Crippen LogP contribution in [0.2, 0.25) is 0 Å². The molecule has 0 bridgehead atoms. The minimum Gasteiger partial charge on any atom is -0.493 e. The number of primary amides is 1. The van der Waals surface area contributed by atoms with Gasteiger partial charge in [0.15, 0.2) is 6.61 Å². The van der Waals surface area contributed by atoms with Crippen molar-refractivity contribution in [3.8, 4) is 5.75 Å². The first-order chi connectivity index (χ1) is 13.4. The Hall–Kier alpha value is -3.10. The number of hydrogen-bond donors (Lipinski definition) is 2. The second kappa shape index (κ2) is 10.3. The van der Waals surface area contributed by atoms with Gasteiger partial charge in [0, 0.05) is 13.1 Å². The molecule has 152 valence electrons. The highest BCUT2D eigenvalue weighted by Gasteiger charge is 2.27. The second-order valence-corrected chi connectivity index (χ2v) is 6.35. The summed E-state index contributed by atoms with van der Waals surface area (Å²) in [6.45, 7) is 2.10. The van der Waals surface area contributed by atoms with Gasteiger partial charge in [-0.3, -0.25) is 19.2 Å². The van der Waals surface area contributed by atoms with E-state index in [2.05, 4.69) is 5.32 Å². The maximum Gasteiger partial charge on any atom is 0.325 e. The first-order valence-electron chi connectivity index (χ1n) is 9.15. The Morgan fingerprint density at radius 3 is 2.71 bits per heavy atom. The third-order valence-electron chi connectivity index (χ3n) is 4.36. The molecular formula is C19H25N3O6. The van der Waals surface area contributed by atoms with Crippen molar-refractivity contribution in [3.63, 3.8) is 0 Å². The maximum atomic E-state index is 12.2. The van der Waals surface area contributed by atoms with Gasteiger partial charge in [0.1, 0.15) is 12.3 Å². The summed E-state index contributed by atoms with van der Waals surface area (Å²) in [7, 11) is 0. The number of para-hydroxylation sites is 1. The fourth-order valence-corrected chi connectivity index (χ4v) is 2.90. The number of esters is 1. The highest BCUT2D eigenvalue weighted by Crippen LogP contribution is 2.18. The first-order valence-corrected chi connectivity index (χ1v) is 9.15. The number of carbonyl (C=O) groups excluding carboxylic acids is 4. The van der Waals surface area contributed by atoms with Gasteiger partial charge in [-0.25, -0.2) is 0 Å². The molecule has 1 aromatic rings. The molecule has 0 saturated carbocycles. The molecule has 2 rings (SSSR count). The van der Waals surface area contributed by atoms with Gasteiger partial charge in [0.25, 0.3) is 11.8 Å². The molecule has 1 atom stereocenters. The van der Waals surface area contributed by atoms with Crippen LogP contribution in [0.15, 0.2) is 24.3 Å². The van der Waals surface area contributed by atoms with E-state index < -0.39 is 30.3 Å². The number of nitrogens with two attached hydrogens (primary N) is 1. The molecule has 1 heterocycles. The average Bonchev–Trinajstić information content (AvgIpc) is 2.71. The maximum absolute atomic E-state index is 12.2. The minimum absolute atomic E-state index is 0.233. The van der Waals surface area contributed by atoms with E-state index in [9.17, 15) is 19.2 Å². The monoisotopic (exact) mass is 391 g/mol. The number of carbonyl (C=O) groups is 4. The van der Waals surface area contributed by atoms with Crippen LogP contribution in [-0.2, 0) is 19.1 Å². The van der Waals surface area contributed by atoms with E-state index in [4.69, 9.17) is 15.2 Å². The molecule has 1 saturated heterocycles. The van der Waals surface area contributed by atoms with Crippen LogP contribution in [0.5, 0.6) is 5.75 Å². The largest absolute Gasteiger partial charge is 0.493 e. The van der Waals surface area contributed by atoms with Crippen molar-refractivity contribution >= 4 is 23.7 Å². The van der Waals surface area contributed by atoms with Crippen LogP contribution in [-0.4, -0.2) is 61.4 Å². The lowest BCUT2D eigenvalue weighted by molar-refractivity contribution is -0.152. The zero-order valence-electron chi connectivity index (χ0n) is 15.8. The molecule has 0 unspecified atom stereocenters. The van der Waals surface area contributed by atoms with Crippen LogP contribution in [0.25, 0.3) is 0 Å². The summed E-state index contributed by atoms with van der Waals surface area (Å²) in [6.07, 6.45) is 1.32. The van der Waals surface area contributed by atoms with Crippen LogP contribution in [0.1, 0.15) is 30.1 Å². The number of nitrogens with one attached hydrogen (secondary N) is 1. The molecule has 1 aliphatic heterocycles. The summed E-state index contributed by atoms with van der Waals surface area (Å²) in [5, 5.41) is 2.44.